The first-order valence-electron chi connectivity index (χ1n) is 6.41. The highest BCUT2D eigenvalue weighted by molar-refractivity contribution is 9.10. The van der Waals surface area contributed by atoms with E-state index in [0.29, 0.717) is 4.67 Å². The minimum Gasteiger partial charge on any atom is -0.480 e. The predicted molar refractivity (Wildman–Crippen MR) is 75.6 cm³/mol. The Hall–Kier alpha value is -1.83. The van der Waals surface area contributed by atoms with Crippen molar-refractivity contribution in [3.63, 3.8) is 0 Å². The number of carboxylic acid groups (broad SMARTS) is 1. The summed E-state index contributed by atoms with van der Waals surface area (Å²) in [5, 5.41) is 14.1. The van der Waals surface area contributed by atoms with E-state index in [1.54, 1.807) is 6.07 Å². The molecule has 1 unspecified atom stereocenters. The van der Waals surface area contributed by atoms with E-state index in [2.05, 4.69) is 26.6 Å². The minimum atomic E-state index is -1.28. The van der Waals surface area contributed by atoms with Crippen molar-refractivity contribution in [2.75, 3.05) is 6.54 Å². The maximum absolute atomic E-state index is 11.8. The van der Waals surface area contributed by atoms with Crippen LogP contribution in [0.15, 0.2) is 21.2 Å². The number of amides is 2. The standard InChI is InChI=1S/C13H15BrN2O5/c1-13(12(19)20,7-2-3-7)16-10(17)6-15-11(18)8-4-5-9(14)21-8/h4-5,7H,2-3,6H2,1H3,(H,15,18)(H,16,17)(H,19,20). The van der Waals surface area contributed by atoms with Gasteiger partial charge in [0.25, 0.3) is 5.91 Å². The third kappa shape index (κ3) is 3.63. The van der Waals surface area contributed by atoms with Gasteiger partial charge in [0.05, 0.1) is 6.54 Å². The van der Waals surface area contributed by atoms with Crippen LogP contribution in [0.1, 0.15) is 30.3 Å². The molecule has 1 aromatic rings. The number of rotatable bonds is 6. The Balaban J connectivity index is 1.87. The van der Waals surface area contributed by atoms with Crippen molar-refractivity contribution in [1.82, 2.24) is 10.6 Å². The molecule has 7 nitrogen and oxygen atoms in total. The summed E-state index contributed by atoms with van der Waals surface area (Å²) in [6.07, 6.45) is 1.55. The molecule has 1 aliphatic rings. The molecule has 1 fully saturated rings. The van der Waals surface area contributed by atoms with Crippen LogP contribution in [0.5, 0.6) is 0 Å². The summed E-state index contributed by atoms with van der Waals surface area (Å²) in [7, 11) is 0. The molecule has 8 heteroatoms. The van der Waals surface area contributed by atoms with Gasteiger partial charge in [0, 0.05) is 0 Å². The number of hydrogen-bond donors (Lipinski definition) is 3. The van der Waals surface area contributed by atoms with E-state index >= 15 is 0 Å². The Morgan fingerprint density at radius 2 is 2.10 bits per heavy atom. The molecule has 1 aliphatic carbocycles. The molecule has 1 atom stereocenters. The SMILES string of the molecule is CC(NC(=O)CNC(=O)c1ccc(Br)o1)(C(=O)O)C1CC1. The highest BCUT2D eigenvalue weighted by Crippen LogP contribution is 2.39. The summed E-state index contributed by atoms with van der Waals surface area (Å²) in [6.45, 7) is 1.17. The Kier molecular flexibility index (Phi) is 4.36. The molecule has 1 saturated carbocycles. The first-order valence-corrected chi connectivity index (χ1v) is 7.20. The molecule has 1 aromatic heterocycles. The highest BCUT2D eigenvalue weighted by atomic mass is 79.9. The summed E-state index contributed by atoms with van der Waals surface area (Å²) in [6, 6.07) is 3.02. The van der Waals surface area contributed by atoms with E-state index in [4.69, 9.17) is 4.42 Å². The molecule has 0 spiro atoms. The van der Waals surface area contributed by atoms with Crippen LogP contribution in [0, 0.1) is 5.92 Å². The van der Waals surface area contributed by atoms with E-state index in [1.165, 1.54) is 13.0 Å². The first kappa shape index (κ1) is 15.6. The van der Waals surface area contributed by atoms with E-state index in [0.717, 1.165) is 12.8 Å². The third-order valence-corrected chi connectivity index (χ3v) is 3.87. The molecule has 1 heterocycles. The largest absolute Gasteiger partial charge is 0.480 e. The average molecular weight is 359 g/mol. The molecule has 0 bridgehead atoms. The van der Waals surface area contributed by atoms with Gasteiger partial charge in [-0.1, -0.05) is 0 Å². The smallest absolute Gasteiger partial charge is 0.329 e. The second-order valence-corrected chi connectivity index (χ2v) is 5.90. The van der Waals surface area contributed by atoms with Gasteiger partial charge in [-0.3, -0.25) is 9.59 Å². The summed E-state index contributed by atoms with van der Waals surface area (Å²) >= 11 is 3.07. The lowest BCUT2D eigenvalue weighted by atomic mass is 9.96. The van der Waals surface area contributed by atoms with Gasteiger partial charge in [0.15, 0.2) is 10.4 Å². The first-order chi connectivity index (χ1) is 9.83. The number of nitrogens with one attached hydrogen (secondary N) is 2. The normalized spacial score (nSPS) is 16.9. The molecular weight excluding hydrogens is 344 g/mol. The Labute approximate surface area is 129 Å². The number of carboxylic acids is 1. The van der Waals surface area contributed by atoms with Crippen LogP contribution in [0.25, 0.3) is 0 Å². The number of hydrogen-bond acceptors (Lipinski definition) is 4. The zero-order chi connectivity index (χ0) is 15.6. The number of furan rings is 1. The Morgan fingerprint density at radius 3 is 2.57 bits per heavy atom. The van der Waals surface area contributed by atoms with Gasteiger partial charge in [-0.05, 0) is 53.7 Å². The lowest BCUT2D eigenvalue weighted by molar-refractivity contribution is -0.147. The van der Waals surface area contributed by atoms with Gasteiger partial charge in [-0.2, -0.15) is 0 Å². The Bertz CT molecular complexity index is 581. The van der Waals surface area contributed by atoms with Crippen LogP contribution in [0.4, 0.5) is 0 Å². The van der Waals surface area contributed by atoms with E-state index in [-0.39, 0.29) is 18.2 Å². The van der Waals surface area contributed by atoms with Gasteiger partial charge in [0.2, 0.25) is 5.91 Å². The molecule has 0 aliphatic heterocycles. The van der Waals surface area contributed by atoms with Crippen LogP contribution < -0.4 is 10.6 Å². The van der Waals surface area contributed by atoms with Crippen molar-refractivity contribution in [2.24, 2.45) is 5.92 Å². The maximum atomic E-state index is 11.8. The topological polar surface area (TPSA) is 109 Å². The monoisotopic (exact) mass is 358 g/mol. The lowest BCUT2D eigenvalue weighted by Crippen LogP contribution is -2.56. The van der Waals surface area contributed by atoms with Crippen LogP contribution in [0.2, 0.25) is 0 Å². The molecule has 2 rings (SSSR count). The summed E-state index contributed by atoms with van der Waals surface area (Å²) in [4.78, 5) is 34.8. The van der Waals surface area contributed by atoms with Crippen molar-refractivity contribution >= 4 is 33.7 Å². The third-order valence-electron chi connectivity index (χ3n) is 3.44. The van der Waals surface area contributed by atoms with Crippen LogP contribution in [0.3, 0.4) is 0 Å². The molecule has 3 N–H and O–H groups in total. The van der Waals surface area contributed by atoms with Gasteiger partial charge in [-0.15, -0.1) is 0 Å². The fourth-order valence-corrected chi connectivity index (χ4v) is 2.32. The fourth-order valence-electron chi connectivity index (χ4n) is 2.01. The second kappa shape index (κ2) is 5.88. The van der Waals surface area contributed by atoms with Crippen molar-refractivity contribution in [3.05, 3.63) is 22.6 Å². The number of carbonyl (C=O) groups excluding carboxylic acids is 2. The van der Waals surface area contributed by atoms with Crippen LogP contribution in [-0.2, 0) is 9.59 Å². The average Bonchev–Trinajstić information content (AvgIpc) is 3.18. The van der Waals surface area contributed by atoms with E-state index in [9.17, 15) is 19.5 Å². The summed E-state index contributed by atoms with van der Waals surface area (Å²) < 4.78 is 5.45. The quantitative estimate of drug-likeness (QED) is 0.706. The van der Waals surface area contributed by atoms with Crippen LogP contribution in [-0.4, -0.2) is 35.0 Å². The lowest BCUT2D eigenvalue weighted by Gasteiger charge is -2.26. The zero-order valence-corrected chi connectivity index (χ0v) is 12.9. The Morgan fingerprint density at radius 1 is 1.43 bits per heavy atom. The molecule has 0 aromatic carbocycles. The van der Waals surface area contributed by atoms with Crippen molar-refractivity contribution in [3.8, 4) is 0 Å². The number of aliphatic carboxylic acids is 1. The molecular formula is C13H15BrN2O5. The van der Waals surface area contributed by atoms with E-state index in [1.807, 2.05) is 0 Å². The van der Waals surface area contributed by atoms with Crippen molar-refractivity contribution in [2.45, 2.75) is 25.3 Å². The predicted octanol–water partition coefficient (Wildman–Crippen LogP) is 1.14. The van der Waals surface area contributed by atoms with E-state index < -0.39 is 23.3 Å². The van der Waals surface area contributed by atoms with Gasteiger partial charge in [0.1, 0.15) is 5.54 Å². The summed E-state index contributed by atoms with van der Waals surface area (Å²) in [5.74, 6) is -2.15. The second-order valence-electron chi connectivity index (χ2n) is 5.12. The van der Waals surface area contributed by atoms with Gasteiger partial charge < -0.3 is 20.2 Å². The van der Waals surface area contributed by atoms with Gasteiger partial charge in [-0.25, -0.2) is 4.79 Å². The van der Waals surface area contributed by atoms with Crippen LogP contribution >= 0.6 is 15.9 Å². The molecule has 0 radical (unpaired) electrons. The maximum Gasteiger partial charge on any atom is 0.329 e. The highest BCUT2D eigenvalue weighted by Gasteiger charge is 2.48. The zero-order valence-electron chi connectivity index (χ0n) is 11.3. The van der Waals surface area contributed by atoms with Crippen molar-refractivity contribution < 1.29 is 23.9 Å². The molecule has 2 amide bonds. The van der Waals surface area contributed by atoms with Crippen molar-refractivity contribution in [1.29, 1.82) is 0 Å². The number of halogens is 1. The molecule has 0 saturated heterocycles. The summed E-state index contributed by atoms with van der Waals surface area (Å²) in [5.41, 5.74) is -1.28. The minimum absolute atomic E-state index is 0.0596. The fraction of sp³-hybridized carbons (Fsp3) is 0.462. The number of carbonyl (C=O) groups is 3. The van der Waals surface area contributed by atoms with Gasteiger partial charge >= 0.3 is 5.97 Å². The molecule has 114 valence electrons. The molecule has 21 heavy (non-hydrogen) atoms.